The average Bonchev–Trinajstić information content (AvgIpc) is 3.16. The van der Waals surface area contributed by atoms with Crippen molar-refractivity contribution in [2.45, 2.75) is 27.2 Å². The minimum atomic E-state index is 0.260. The van der Waals surface area contributed by atoms with E-state index in [4.69, 9.17) is 10.5 Å². The number of nitrogens with zero attached hydrogens (tertiary/aromatic N) is 4. The van der Waals surface area contributed by atoms with Gasteiger partial charge >= 0.3 is 0 Å². The van der Waals surface area contributed by atoms with Crippen LogP contribution in [0.15, 0.2) is 24.5 Å². The number of aryl methyl sites for hydroxylation is 1. The fourth-order valence-corrected chi connectivity index (χ4v) is 3.36. The first kappa shape index (κ1) is 15.4. The van der Waals surface area contributed by atoms with E-state index >= 15 is 0 Å². The summed E-state index contributed by atoms with van der Waals surface area (Å²) in [7, 11) is 0. The second-order valence-corrected chi connectivity index (χ2v) is 5.94. The Morgan fingerprint density at radius 3 is 2.84 bits per heavy atom. The van der Waals surface area contributed by atoms with Gasteiger partial charge in [-0.15, -0.1) is 0 Å². The van der Waals surface area contributed by atoms with E-state index < -0.39 is 0 Å². The number of H-pyrrole nitrogens is 1. The Balaban J connectivity index is 2.11. The van der Waals surface area contributed by atoms with Gasteiger partial charge in [0.05, 0.1) is 24.0 Å². The first-order valence-corrected chi connectivity index (χ1v) is 8.36. The summed E-state index contributed by atoms with van der Waals surface area (Å²) in [5, 5.41) is 9.13. The molecular weight excluding hydrogens is 316 g/mol. The van der Waals surface area contributed by atoms with Crippen LogP contribution in [-0.4, -0.2) is 31.3 Å². The monoisotopic (exact) mass is 336 g/mol. The van der Waals surface area contributed by atoms with Gasteiger partial charge in [-0.25, -0.2) is 4.98 Å². The molecule has 0 aliphatic rings. The van der Waals surface area contributed by atoms with Gasteiger partial charge in [-0.05, 0) is 31.9 Å². The van der Waals surface area contributed by atoms with Crippen molar-refractivity contribution in [2.24, 2.45) is 0 Å². The minimum absolute atomic E-state index is 0.260. The molecule has 7 nitrogen and oxygen atoms in total. The van der Waals surface area contributed by atoms with Crippen LogP contribution >= 0.6 is 0 Å². The molecule has 0 fully saturated rings. The topological polar surface area (TPSA) is 94.6 Å². The average molecular weight is 336 g/mol. The van der Waals surface area contributed by atoms with E-state index in [0.717, 1.165) is 45.4 Å². The second-order valence-electron chi connectivity index (χ2n) is 5.94. The number of nitrogen functional groups attached to an aromatic ring is 1. The number of anilines is 1. The van der Waals surface area contributed by atoms with Gasteiger partial charge in [-0.2, -0.15) is 10.1 Å². The number of hydrogen-bond donors (Lipinski definition) is 2. The number of rotatable bonds is 4. The summed E-state index contributed by atoms with van der Waals surface area (Å²) in [6.45, 7) is 6.77. The largest absolute Gasteiger partial charge is 0.492 e. The second kappa shape index (κ2) is 5.77. The van der Waals surface area contributed by atoms with Crippen LogP contribution in [0.3, 0.4) is 0 Å². The van der Waals surface area contributed by atoms with Crippen molar-refractivity contribution in [1.29, 1.82) is 0 Å². The minimum Gasteiger partial charge on any atom is -0.492 e. The van der Waals surface area contributed by atoms with Crippen LogP contribution in [-0.2, 0) is 6.42 Å². The van der Waals surface area contributed by atoms with Gasteiger partial charge in [0.1, 0.15) is 5.75 Å². The molecule has 0 unspecified atom stereocenters. The number of nitrogens with two attached hydrogens (primary N) is 1. The Labute approximate surface area is 144 Å². The van der Waals surface area contributed by atoms with E-state index in [-0.39, 0.29) is 5.95 Å². The molecule has 1 aromatic carbocycles. The molecule has 0 radical (unpaired) electrons. The van der Waals surface area contributed by atoms with E-state index in [9.17, 15) is 0 Å². The maximum atomic E-state index is 5.91. The molecule has 3 heterocycles. The van der Waals surface area contributed by atoms with E-state index in [1.807, 2.05) is 19.2 Å². The fraction of sp³-hybridized carbons (Fsp3) is 0.278. The van der Waals surface area contributed by atoms with Crippen molar-refractivity contribution in [3.63, 3.8) is 0 Å². The van der Waals surface area contributed by atoms with Crippen molar-refractivity contribution < 1.29 is 4.74 Å². The lowest BCUT2D eigenvalue weighted by Gasteiger charge is -2.15. The van der Waals surface area contributed by atoms with E-state index in [0.29, 0.717) is 6.61 Å². The lowest BCUT2D eigenvalue weighted by Crippen LogP contribution is -2.05. The molecule has 3 aromatic heterocycles. The van der Waals surface area contributed by atoms with Crippen molar-refractivity contribution in [3.05, 3.63) is 35.8 Å². The summed E-state index contributed by atoms with van der Waals surface area (Å²) in [4.78, 5) is 8.66. The van der Waals surface area contributed by atoms with Gasteiger partial charge < -0.3 is 10.5 Å². The normalized spacial score (nSPS) is 11.5. The zero-order chi connectivity index (χ0) is 17.6. The standard InChI is InChI=1S/C18H20N6O/c1-4-14-10(3)12-9-20-18(19)22-17(12)24(14)15-6-11-8-21-23-13(11)7-16(15)25-5-2/h6-9H,4-5H2,1-3H3,(H,21,23)(H2,19,20,22). The summed E-state index contributed by atoms with van der Waals surface area (Å²) in [6.07, 6.45) is 4.46. The Bertz CT molecular complexity index is 1080. The number of nitrogens with one attached hydrogen (secondary N) is 1. The third-order valence-corrected chi connectivity index (χ3v) is 4.50. The van der Waals surface area contributed by atoms with Crippen LogP contribution in [0.25, 0.3) is 27.6 Å². The Morgan fingerprint density at radius 1 is 1.24 bits per heavy atom. The first-order valence-electron chi connectivity index (χ1n) is 8.36. The van der Waals surface area contributed by atoms with Crippen molar-refractivity contribution in [3.8, 4) is 11.4 Å². The lowest BCUT2D eigenvalue weighted by molar-refractivity contribution is 0.339. The third-order valence-electron chi connectivity index (χ3n) is 4.50. The van der Waals surface area contributed by atoms with Crippen molar-refractivity contribution >= 4 is 27.9 Å². The predicted octanol–water partition coefficient (Wildman–Crippen LogP) is 3.15. The molecule has 4 rings (SSSR count). The molecule has 0 saturated carbocycles. The first-order chi connectivity index (χ1) is 12.1. The predicted molar refractivity (Wildman–Crippen MR) is 98.2 cm³/mol. The van der Waals surface area contributed by atoms with Crippen molar-refractivity contribution in [1.82, 2.24) is 24.7 Å². The van der Waals surface area contributed by atoms with Gasteiger partial charge in [0, 0.05) is 28.7 Å². The molecule has 0 saturated heterocycles. The number of ether oxygens (including phenoxy) is 1. The van der Waals surface area contributed by atoms with Gasteiger partial charge in [-0.1, -0.05) is 6.92 Å². The molecule has 0 amide bonds. The molecular formula is C18H20N6O. The van der Waals surface area contributed by atoms with Gasteiger partial charge in [0.2, 0.25) is 5.95 Å². The number of fused-ring (bicyclic) bond motifs is 2. The number of aromatic nitrogens is 5. The van der Waals surface area contributed by atoms with Gasteiger partial charge in [0.25, 0.3) is 0 Å². The molecule has 0 atom stereocenters. The highest BCUT2D eigenvalue weighted by atomic mass is 16.5. The third kappa shape index (κ3) is 2.31. The molecule has 25 heavy (non-hydrogen) atoms. The maximum absolute atomic E-state index is 5.91. The molecule has 4 aromatic rings. The molecule has 128 valence electrons. The number of benzene rings is 1. The van der Waals surface area contributed by atoms with Crippen LogP contribution in [0, 0.1) is 6.92 Å². The summed E-state index contributed by atoms with van der Waals surface area (Å²) in [5.41, 5.74) is 10.9. The van der Waals surface area contributed by atoms with E-state index in [1.165, 1.54) is 5.69 Å². The van der Waals surface area contributed by atoms with Crippen LogP contribution in [0.1, 0.15) is 25.1 Å². The molecule has 0 spiro atoms. The zero-order valence-corrected chi connectivity index (χ0v) is 14.5. The molecule has 0 aliphatic carbocycles. The van der Waals surface area contributed by atoms with Crippen LogP contribution in [0.5, 0.6) is 5.75 Å². The highest BCUT2D eigenvalue weighted by Gasteiger charge is 2.20. The van der Waals surface area contributed by atoms with E-state index in [2.05, 4.69) is 44.6 Å². The van der Waals surface area contributed by atoms with Gasteiger partial charge in [0.15, 0.2) is 5.65 Å². The SMILES string of the molecule is CCOc1cc2[nH]ncc2cc1-n1c(CC)c(C)c2cnc(N)nc21. The maximum Gasteiger partial charge on any atom is 0.221 e. The number of hydrogen-bond acceptors (Lipinski definition) is 5. The smallest absolute Gasteiger partial charge is 0.221 e. The van der Waals surface area contributed by atoms with Crippen molar-refractivity contribution in [2.75, 3.05) is 12.3 Å². The highest BCUT2D eigenvalue weighted by molar-refractivity contribution is 5.88. The molecule has 0 aliphatic heterocycles. The van der Waals surface area contributed by atoms with E-state index in [1.54, 1.807) is 6.20 Å². The lowest BCUT2D eigenvalue weighted by atomic mass is 10.1. The van der Waals surface area contributed by atoms with Crippen LogP contribution in [0.4, 0.5) is 5.95 Å². The van der Waals surface area contributed by atoms with Gasteiger partial charge in [-0.3, -0.25) is 9.67 Å². The Hall–Kier alpha value is -3.09. The molecule has 7 heteroatoms. The summed E-state index contributed by atoms with van der Waals surface area (Å²) in [6, 6.07) is 4.05. The summed E-state index contributed by atoms with van der Waals surface area (Å²) in [5.74, 6) is 1.04. The molecule has 3 N–H and O–H groups in total. The van der Waals surface area contributed by atoms with Crippen LogP contribution < -0.4 is 10.5 Å². The quantitative estimate of drug-likeness (QED) is 0.597. The number of aromatic amines is 1. The molecule has 0 bridgehead atoms. The summed E-state index contributed by atoms with van der Waals surface area (Å²) < 4.78 is 8.04. The fourth-order valence-electron chi connectivity index (χ4n) is 3.36. The highest BCUT2D eigenvalue weighted by Crippen LogP contribution is 2.35. The Kier molecular flexibility index (Phi) is 3.56. The Morgan fingerprint density at radius 2 is 2.08 bits per heavy atom. The zero-order valence-electron chi connectivity index (χ0n) is 14.5. The van der Waals surface area contributed by atoms with Crippen LogP contribution in [0.2, 0.25) is 0 Å². The summed E-state index contributed by atoms with van der Waals surface area (Å²) >= 11 is 0.